The molecule has 0 bridgehead atoms. The average molecular weight is 233 g/mol. The smallest absolute Gasteiger partial charge is 0.150 e. The number of nitrogens with zero attached hydrogens (tertiary/aromatic N) is 3. The van der Waals surface area contributed by atoms with Gasteiger partial charge in [-0.15, -0.1) is 5.10 Å². The highest BCUT2D eigenvalue weighted by atomic mass is 15.2. The summed E-state index contributed by atoms with van der Waals surface area (Å²) < 4.78 is 0. The number of anilines is 2. The van der Waals surface area contributed by atoms with Gasteiger partial charge in [0.05, 0.1) is 11.9 Å². The summed E-state index contributed by atoms with van der Waals surface area (Å²) in [4.78, 5) is 2.37. The van der Waals surface area contributed by atoms with Gasteiger partial charge in [0.25, 0.3) is 0 Å². The minimum Gasteiger partial charge on any atom is -0.369 e. The lowest BCUT2D eigenvalue weighted by molar-refractivity contribution is 0.617. The molecule has 0 aromatic carbocycles. The van der Waals surface area contributed by atoms with Gasteiger partial charge in [0.15, 0.2) is 5.82 Å². The normalized spacial score (nSPS) is 24.1. The molecule has 1 aliphatic carbocycles. The fourth-order valence-electron chi connectivity index (χ4n) is 2.27. The summed E-state index contributed by atoms with van der Waals surface area (Å²) in [5.41, 5.74) is 1.18. The van der Waals surface area contributed by atoms with E-state index in [4.69, 9.17) is 0 Å². The molecule has 2 aliphatic rings. The lowest BCUT2D eigenvalue weighted by Gasteiger charge is -2.18. The topological polar surface area (TPSA) is 53.1 Å². The van der Waals surface area contributed by atoms with Crippen molar-refractivity contribution in [3.05, 3.63) is 12.3 Å². The van der Waals surface area contributed by atoms with Gasteiger partial charge in [-0.1, -0.05) is 0 Å². The molecule has 2 fully saturated rings. The minimum atomic E-state index is 0.600. The Labute approximate surface area is 102 Å². The SMILES string of the molecule is CN[C@@H]1CCN(c2cnnc(NC3CC3)c2)C1. The number of rotatable bonds is 4. The molecular formula is C12H19N5. The Morgan fingerprint density at radius 3 is 2.88 bits per heavy atom. The summed E-state index contributed by atoms with van der Waals surface area (Å²) in [6.07, 6.45) is 5.58. The Bertz CT molecular complexity index is 390. The van der Waals surface area contributed by atoms with Crippen LogP contribution in [0.2, 0.25) is 0 Å². The van der Waals surface area contributed by atoms with Crippen LogP contribution in [-0.4, -0.2) is 42.4 Å². The van der Waals surface area contributed by atoms with E-state index >= 15 is 0 Å². The number of hydrogen-bond donors (Lipinski definition) is 2. The van der Waals surface area contributed by atoms with Gasteiger partial charge in [-0.2, -0.15) is 5.10 Å². The van der Waals surface area contributed by atoms with E-state index in [-0.39, 0.29) is 0 Å². The molecule has 1 aliphatic heterocycles. The molecule has 1 aromatic heterocycles. The standard InChI is InChI=1S/C12H19N5/c1-13-10-4-5-17(8-10)11-6-12(16-14-7-11)15-9-2-3-9/h6-7,9-10,13H,2-5,8H2,1H3,(H,15,16)/t10-/m1/s1. The second-order valence-electron chi connectivity index (χ2n) is 4.94. The summed E-state index contributed by atoms with van der Waals surface area (Å²) in [7, 11) is 2.03. The molecule has 5 heteroatoms. The first kappa shape index (κ1) is 10.8. The van der Waals surface area contributed by atoms with Crippen LogP contribution in [0.1, 0.15) is 19.3 Å². The lowest BCUT2D eigenvalue weighted by atomic mass is 10.3. The van der Waals surface area contributed by atoms with Gasteiger partial charge in [0.1, 0.15) is 0 Å². The van der Waals surface area contributed by atoms with Crippen LogP contribution in [0.3, 0.4) is 0 Å². The zero-order valence-corrected chi connectivity index (χ0v) is 10.2. The molecule has 1 saturated carbocycles. The van der Waals surface area contributed by atoms with Gasteiger partial charge in [-0.3, -0.25) is 0 Å². The monoisotopic (exact) mass is 233 g/mol. The van der Waals surface area contributed by atoms with Crippen molar-refractivity contribution in [2.24, 2.45) is 0 Å². The van der Waals surface area contributed by atoms with Crippen molar-refractivity contribution in [2.45, 2.75) is 31.3 Å². The second kappa shape index (κ2) is 4.49. The number of hydrogen-bond acceptors (Lipinski definition) is 5. The average Bonchev–Trinajstić information content (AvgIpc) is 3.04. The number of likely N-dealkylation sites (N-methyl/N-ethyl adjacent to an activating group) is 1. The van der Waals surface area contributed by atoms with E-state index in [0.717, 1.165) is 18.9 Å². The molecule has 0 radical (unpaired) electrons. The van der Waals surface area contributed by atoms with E-state index in [2.05, 4.69) is 31.8 Å². The first-order valence-corrected chi connectivity index (χ1v) is 6.36. The largest absolute Gasteiger partial charge is 0.369 e. The molecule has 0 unspecified atom stereocenters. The fraction of sp³-hybridized carbons (Fsp3) is 0.667. The van der Waals surface area contributed by atoms with Gasteiger partial charge >= 0.3 is 0 Å². The molecule has 3 rings (SSSR count). The molecule has 92 valence electrons. The van der Waals surface area contributed by atoms with Crippen LogP contribution in [0.5, 0.6) is 0 Å². The van der Waals surface area contributed by atoms with Crippen molar-refractivity contribution in [3.8, 4) is 0 Å². The van der Waals surface area contributed by atoms with Crippen molar-refractivity contribution in [1.29, 1.82) is 0 Å². The maximum atomic E-state index is 4.13. The summed E-state index contributed by atoms with van der Waals surface area (Å²) >= 11 is 0. The van der Waals surface area contributed by atoms with Crippen LogP contribution < -0.4 is 15.5 Å². The Balaban J connectivity index is 1.69. The predicted molar refractivity (Wildman–Crippen MR) is 68.4 cm³/mol. The molecule has 5 nitrogen and oxygen atoms in total. The zero-order valence-electron chi connectivity index (χ0n) is 10.2. The maximum absolute atomic E-state index is 4.13. The van der Waals surface area contributed by atoms with E-state index in [1.165, 1.54) is 24.9 Å². The van der Waals surface area contributed by atoms with Crippen molar-refractivity contribution in [2.75, 3.05) is 30.4 Å². The zero-order chi connectivity index (χ0) is 11.7. The van der Waals surface area contributed by atoms with Crippen LogP contribution in [0.25, 0.3) is 0 Å². The van der Waals surface area contributed by atoms with Crippen molar-refractivity contribution >= 4 is 11.5 Å². The Morgan fingerprint density at radius 1 is 1.29 bits per heavy atom. The third-order valence-corrected chi connectivity index (χ3v) is 3.53. The highest BCUT2D eigenvalue weighted by Gasteiger charge is 2.24. The van der Waals surface area contributed by atoms with E-state index in [1.54, 1.807) is 0 Å². The van der Waals surface area contributed by atoms with Gasteiger partial charge in [-0.25, -0.2) is 0 Å². The van der Waals surface area contributed by atoms with E-state index < -0.39 is 0 Å². The highest BCUT2D eigenvalue weighted by molar-refractivity contribution is 5.53. The second-order valence-corrected chi connectivity index (χ2v) is 4.94. The Hall–Kier alpha value is -1.36. The molecule has 1 aromatic rings. The van der Waals surface area contributed by atoms with Crippen molar-refractivity contribution in [1.82, 2.24) is 15.5 Å². The van der Waals surface area contributed by atoms with Crippen LogP contribution >= 0.6 is 0 Å². The van der Waals surface area contributed by atoms with Crippen LogP contribution in [-0.2, 0) is 0 Å². The Morgan fingerprint density at radius 2 is 2.18 bits per heavy atom. The summed E-state index contributed by atoms with van der Waals surface area (Å²) in [5, 5.41) is 14.9. The first-order valence-electron chi connectivity index (χ1n) is 6.36. The van der Waals surface area contributed by atoms with Crippen molar-refractivity contribution in [3.63, 3.8) is 0 Å². The summed E-state index contributed by atoms with van der Waals surface area (Å²) in [6, 6.07) is 3.34. The van der Waals surface area contributed by atoms with E-state index in [1.807, 2.05) is 13.2 Å². The summed E-state index contributed by atoms with van der Waals surface area (Å²) in [5.74, 6) is 0.915. The van der Waals surface area contributed by atoms with Crippen LogP contribution in [0, 0.1) is 0 Å². The highest BCUT2D eigenvalue weighted by Crippen LogP contribution is 2.26. The third-order valence-electron chi connectivity index (χ3n) is 3.53. The molecule has 2 heterocycles. The molecule has 2 N–H and O–H groups in total. The molecule has 17 heavy (non-hydrogen) atoms. The lowest BCUT2D eigenvalue weighted by Crippen LogP contribution is -2.29. The molecule has 1 saturated heterocycles. The molecular weight excluding hydrogens is 214 g/mol. The first-order chi connectivity index (χ1) is 8.35. The fourth-order valence-corrected chi connectivity index (χ4v) is 2.27. The molecule has 0 amide bonds. The predicted octanol–water partition coefficient (Wildman–Crippen LogP) is 0.849. The third kappa shape index (κ3) is 2.49. The Kier molecular flexibility index (Phi) is 2.84. The van der Waals surface area contributed by atoms with E-state index in [0.29, 0.717) is 12.1 Å². The van der Waals surface area contributed by atoms with Crippen LogP contribution in [0.4, 0.5) is 11.5 Å². The number of aromatic nitrogens is 2. The molecule has 1 atom stereocenters. The van der Waals surface area contributed by atoms with Crippen molar-refractivity contribution < 1.29 is 0 Å². The maximum Gasteiger partial charge on any atom is 0.150 e. The molecule has 0 spiro atoms. The van der Waals surface area contributed by atoms with Crippen LogP contribution in [0.15, 0.2) is 12.3 Å². The minimum absolute atomic E-state index is 0.600. The van der Waals surface area contributed by atoms with E-state index in [9.17, 15) is 0 Å². The number of nitrogens with one attached hydrogen (secondary N) is 2. The van der Waals surface area contributed by atoms with Gasteiger partial charge in [-0.05, 0) is 26.3 Å². The summed E-state index contributed by atoms with van der Waals surface area (Å²) in [6.45, 7) is 2.16. The quantitative estimate of drug-likeness (QED) is 0.807. The van der Waals surface area contributed by atoms with Gasteiger partial charge in [0, 0.05) is 31.2 Å². The van der Waals surface area contributed by atoms with Gasteiger partial charge in [0.2, 0.25) is 0 Å². The van der Waals surface area contributed by atoms with Gasteiger partial charge < -0.3 is 15.5 Å².